The first-order chi connectivity index (χ1) is 7.18. The summed E-state index contributed by atoms with van der Waals surface area (Å²) in [6.07, 6.45) is 4.58. The van der Waals surface area contributed by atoms with Gasteiger partial charge < -0.3 is 5.11 Å². The summed E-state index contributed by atoms with van der Waals surface area (Å²) in [6.45, 7) is 0. The van der Waals surface area contributed by atoms with E-state index in [4.69, 9.17) is 5.11 Å². The molecule has 0 bridgehead atoms. The molecule has 0 aliphatic heterocycles. The lowest BCUT2D eigenvalue weighted by atomic mass is 10.2. The van der Waals surface area contributed by atoms with Gasteiger partial charge in [0.05, 0.1) is 5.69 Å². The number of aryl methyl sites for hydroxylation is 1. The van der Waals surface area contributed by atoms with Gasteiger partial charge in [-0.2, -0.15) is 5.10 Å². The van der Waals surface area contributed by atoms with Gasteiger partial charge in [0.1, 0.15) is 0 Å². The largest absolute Gasteiger partial charge is 0.475 e. The van der Waals surface area contributed by atoms with Gasteiger partial charge >= 0.3 is 5.97 Å². The van der Waals surface area contributed by atoms with E-state index in [2.05, 4.69) is 15.1 Å². The Kier molecular flexibility index (Phi) is 2.17. The summed E-state index contributed by atoms with van der Waals surface area (Å²) in [5, 5.41) is 12.6. The predicted octanol–water partition coefficient (Wildman–Crippen LogP) is 0.575. The van der Waals surface area contributed by atoms with Crippen molar-refractivity contribution in [1.82, 2.24) is 19.7 Å². The summed E-state index contributed by atoms with van der Waals surface area (Å²) in [5.41, 5.74) is 1.58. The predicted molar refractivity (Wildman–Crippen MR) is 51.2 cm³/mol. The molecule has 0 fully saturated rings. The number of hydrogen-bond acceptors (Lipinski definition) is 4. The Balaban J connectivity index is 2.40. The smallest absolute Gasteiger partial charge is 0.373 e. The summed E-state index contributed by atoms with van der Waals surface area (Å²) in [7, 11) is 1.79. The lowest BCUT2D eigenvalue weighted by Gasteiger charge is -2.00. The minimum atomic E-state index is -1.13. The van der Waals surface area contributed by atoms with Crippen LogP contribution in [0.2, 0.25) is 0 Å². The molecule has 0 aliphatic carbocycles. The van der Waals surface area contributed by atoms with Crippen molar-refractivity contribution in [3.05, 3.63) is 30.5 Å². The van der Waals surface area contributed by atoms with E-state index in [0.29, 0.717) is 0 Å². The van der Waals surface area contributed by atoms with Gasteiger partial charge in [-0.15, -0.1) is 0 Å². The van der Waals surface area contributed by atoms with Crippen LogP contribution in [-0.2, 0) is 7.05 Å². The monoisotopic (exact) mass is 204 g/mol. The molecular formula is C9H8N4O2. The first-order valence-corrected chi connectivity index (χ1v) is 4.22. The molecule has 0 radical (unpaired) electrons. The second-order valence-corrected chi connectivity index (χ2v) is 2.94. The molecule has 6 nitrogen and oxygen atoms in total. The molecule has 0 saturated heterocycles. The van der Waals surface area contributed by atoms with E-state index in [9.17, 15) is 4.79 Å². The molecule has 1 N–H and O–H groups in total. The number of hydrogen-bond donors (Lipinski definition) is 1. The minimum absolute atomic E-state index is 0.207. The summed E-state index contributed by atoms with van der Waals surface area (Å²) in [6, 6.07) is 1.80. The van der Waals surface area contributed by atoms with Gasteiger partial charge in [0, 0.05) is 31.2 Å². The SMILES string of the molecule is Cn1nccc1-c1cnc(C(=O)O)nc1. The standard InChI is InChI=1S/C9H8N4O2/c1-13-7(2-3-12-13)6-4-10-8(9(14)15)11-5-6/h2-5H,1H3,(H,14,15). The van der Waals surface area contributed by atoms with Crippen molar-refractivity contribution in [2.75, 3.05) is 0 Å². The van der Waals surface area contributed by atoms with E-state index in [1.807, 2.05) is 0 Å². The molecule has 2 aromatic heterocycles. The van der Waals surface area contributed by atoms with E-state index in [0.717, 1.165) is 11.3 Å². The topological polar surface area (TPSA) is 80.9 Å². The molecule has 2 heterocycles. The van der Waals surface area contributed by atoms with E-state index >= 15 is 0 Å². The number of aromatic carboxylic acids is 1. The van der Waals surface area contributed by atoms with E-state index in [-0.39, 0.29) is 5.82 Å². The maximum atomic E-state index is 10.5. The van der Waals surface area contributed by atoms with Crippen LogP contribution in [0.15, 0.2) is 24.7 Å². The summed E-state index contributed by atoms with van der Waals surface area (Å²) < 4.78 is 1.67. The van der Waals surface area contributed by atoms with Crippen LogP contribution in [0.25, 0.3) is 11.3 Å². The average molecular weight is 204 g/mol. The Hall–Kier alpha value is -2.24. The normalized spacial score (nSPS) is 10.2. The number of carboxylic acids is 1. The van der Waals surface area contributed by atoms with Crippen LogP contribution in [-0.4, -0.2) is 30.8 Å². The van der Waals surface area contributed by atoms with E-state index < -0.39 is 5.97 Å². The molecule has 0 saturated carbocycles. The number of nitrogens with zero attached hydrogens (tertiary/aromatic N) is 4. The maximum absolute atomic E-state index is 10.5. The zero-order valence-corrected chi connectivity index (χ0v) is 7.95. The number of rotatable bonds is 2. The molecule has 2 rings (SSSR count). The maximum Gasteiger partial charge on any atom is 0.373 e. The van der Waals surface area contributed by atoms with Crippen molar-refractivity contribution >= 4 is 5.97 Å². The molecule has 15 heavy (non-hydrogen) atoms. The molecule has 0 aliphatic rings. The van der Waals surface area contributed by atoms with Gasteiger partial charge in [0.25, 0.3) is 0 Å². The Labute approximate surface area is 85.2 Å². The van der Waals surface area contributed by atoms with Crippen LogP contribution < -0.4 is 0 Å². The third-order valence-electron chi connectivity index (χ3n) is 1.96. The van der Waals surface area contributed by atoms with E-state index in [1.54, 1.807) is 24.0 Å². The molecule has 6 heteroatoms. The third kappa shape index (κ3) is 1.69. The van der Waals surface area contributed by atoms with Crippen LogP contribution in [0.1, 0.15) is 10.6 Å². The number of carbonyl (C=O) groups is 1. The summed E-state index contributed by atoms with van der Waals surface area (Å²) in [5.74, 6) is -1.34. The summed E-state index contributed by atoms with van der Waals surface area (Å²) in [4.78, 5) is 18.0. The first kappa shape index (κ1) is 9.32. The van der Waals surface area contributed by atoms with E-state index in [1.165, 1.54) is 12.4 Å². The van der Waals surface area contributed by atoms with Gasteiger partial charge in [0.15, 0.2) is 0 Å². The van der Waals surface area contributed by atoms with Gasteiger partial charge in [-0.25, -0.2) is 14.8 Å². The molecule has 76 valence electrons. The van der Waals surface area contributed by atoms with Crippen LogP contribution in [0, 0.1) is 0 Å². The third-order valence-corrected chi connectivity index (χ3v) is 1.96. The lowest BCUT2D eigenvalue weighted by molar-refractivity contribution is 0.0683. The van der Waals surface area contributed by atoms with Crippen molar-refractivity contribution < 1.29 is 9.90 Å². The Morgan fingerprint density at radius 1 is 1.40 bits per heavy atom. The number of aromatic nitrogens is 4. The average Bonchev–Trinajstić information content (AvgIpc) is 2.65. The Bertz CT molecular complexity index is 489. The van der Waals surface area contributed by atoms with Crippen molar-refractivity contribution in [3.8, 4) is 11.3 Å². The van der Waals surface area contributed by atoms with Crippen molar-refractivity contribution in [2.24, 2.45) is 7.05 Å². The second kappa shape index (κ2) is 3.49. The lowest BCUT2D eigenvalue weighted by Crippen LogP contribution is -2.04. The molecule has 0 aromatic carbocycles. The Morgan fingerprint density at radius 2 is 2.07 bits per heavy atom. The molecule has 0 atom stereocenters. The fraction of sp³-hybridized carbons (Fsp3) is 0.111. The van der Waals surface area contributed by atoms with Gasteiger partial charge in [-0.3, -0.25) is 4.68 Å². The van der Waals surface area contributed by atoms with Crippen LogP contribution in [0.4, 0.5) is 0 Å². The minimum Gasteiger partial charge on any atom is -0.475 e. The van der Waals surface area contributed by atoms with Crippen molar-refractivity contribution in [3.63, 3.8) is 0 Å². The molecule has 0 amide bonds. The van der Waals surface area contributed by atoms with Gasteiger partial charge in [0.2, 0.25) is 5.82 Å². The highest BCUT2D eigenvalue weighted by atomic mass is 16.4. The summed E-state index contributed by atoms with van der Waals surface area (Å²) >= 11 is 0. The zero-order chi connectivity index (χ0) is 10.8. The first-order valence-electron chi connectivity index (χ1n) is 4.22. The zero-order valence-electron chi connectivity index (χ0n) is 7.95. The fourth-order valence-corrected chi connectivity index (χ4v) is 1.23. The van der Waals surface area contributed by atoms with Gasteiger partial charge in [-0.1, -0.05) is 0 Å². The van der Waals surface area contributed by atoms with Crippen LogP contribution in [0.3, 0.4) is 0 Å². The quantitative estimate of drug-likeness (QED) is 0.773. The fourth-order valence-electron chi connectivity index (χ4n) is 1.23. The van der Waals surface area contributed by atoms with Crippen LogP contribution >= 0.6 is 0 Å². The molecule has 2 aromatic rings. The van der Waals surface area contributed by atoms with Gasteiger partial charge in [-0.05, 0) is 6.07 Å². The highest BCUT2D eigenvalue weighted by molar-refractivity contribution is 5.83. The highest BCUT2D eigenvalue weighted by Gasteiger charge is 2.08. The van der Waals surface area contributed by atoms with Crippen molar-refractivity contribution in [2.45, 2.75) is 0 Å². The molecular weight excluding hydrogens is 196 g/mol. The molecule has 0 spiro atoms. The molecule has 0 unspecified atom stereocenters. The highest BCUT2D eigenvalue weighted by Crippen LogP contribution is 2.15. The van der Waals surface area contributed by atoms with Crippen LogP contribution in [0.5, 0.6) is 0 Å². The second-order valence-electron chi connectivity index (χ2n) is 2.94. The number of carboxylic acid groups (broad SMARTS) is 1. The Morgan fingerprint density at radius 3 is 2.53 bits per heavy atom. The van der Waals surface area contributed by atoms with Crippen molar-refractivity contribution in [1.29, 1.82) is 0 Å².